The molecule has 1 amide bonds. The molecule has 0 aromatic heterocycles. The highest BCUT2D eigenvalue weighted by molar-refractivity contribution is 7.92. The standard InChI is InChI=1S/C19H27N3O3S/c23-19(20-18-8-4-5-9-18)16-21-11-13-22(14-12-21)26(24,25)15-10-17-6-2-1-3-7-17/h1-3,6-7,10,15,18H,4-5,8-9,11-14,16H2,(H,20,23)/b15-10+. The minimum atomic E-state index is -3.43. The van der Waals surface area contributed by atoms with Crippen LogP contribution in [0.5, 0.6) is 0 Å². The summed E-state index contributed by atoms with van der Waals surface area (Å²) >= 11 is 0. The predicted molar refractivity (Wildman–Crippen MR) is 103 cm³/mol. The summed E-state index contributed by atoms with van der Waals surface area (Å²) in [5.74, 6) is 0.0529. The first-order valence-corrected chi connectivity index (χ1v) is 10.8. The molecular weight excluding hydrogens is 350 g/mol. The highest BCUT2D eigenvalue weighted by atomic mass is 32.2. The maximum atomic E-state index is 12.5. The molecule has 1 aromatic rings. The Bertz CT molecular complexity index is 720. The second kappa shape index (κ2) is 8.79. The van der Waals surface area contributed by atoms with Crippen LogP contribution in [0.2, 0.25) is 0 Å². The van der Waals surface area contributed by atoms with Crippen molar-refractivity contribution in [3.05, 3.63) is 41.3 Å². The highest BCUT2D eigenvalue weighted by Gasteiger charge is 2.26. The highest BCUT2D eigenvalue weighted by Crippen LogP contribution is 2.17. The molecule has 26 heavy (non-hydrogen) atoms. The van der Waals surface area contributed by atoms with E-state index in [1.54, 1.807) is 6.08 Å². The Hall–Kier alpha value is -1.70. The van der Waals surface area contributed by atoms with Crippen molar-refractivity contribution in [2.75, 3.05) is 32.7 Å². The number of nitrogens with one attached hydrogen (secondary N) is 1. The largest absolute Gasteiger partial charge is 0.352 e. The molecule has 3 rings (SSSR count). The summed E-state index contributed by atoms with van der Waals surface area (Å²) in [6, 6.07) is 9.71. The van der Waals surface area contributed by atoms with Crippen LogP contribution in [-0.2, 0) is 14.8 Å². The molecule has 2 aliphatic rings. The van der Waals surface area contributed by atoms with E-state index in [4.69, 9.17) is 0 Å². The van der Waals surface area contributed by atoms with Gasteiger partial charge in [-0.2, -0.15) is 4.31 Å². The number of nitrogens with zero attached hydrogens (tertiary/aromatic N) is 2. The number of hydrogen-bond acceptors (Lipinski definition) is 4. The van der Waals surface area contributed by atoms with Gasteiger partial charge in [-0.1, -0.05) is 43.2 Å². The van der Waals surface area contributed by atoms with Gasteiger partial charge in [-0.15, -0.1) is 0 Å². The Morgan fingerprint density at radius 2 is 1.73 bits per heavy atom. The molecule has 6 nitrogen and oxygen atoms in total. The molecule has 1 N–H and O–H groups in total. The molecule has 2 fully saturated rings. The number of hydrogen-bond donors (Lipinski definition) is 1. The predicted octanol–water partition coefficient (Wildman–Crippen LogP) is 1.66. The van der Waals surface area contributed by atoms with Crippen molar-refractivity contribution in [2.24, 2.45) is 0 Å². The number of amides is 1. The van der Waals surface area contributed by atoms with E-state index in [1.165, 1.54) is 22.6 Å². The van der Waals surface area contributed by atoms with E-state index in [1.807, 2.05) is 35.2 Å². The quantitative estimate of drug-likeness (QED) is 0.819. The van der Waals surface area contributed by atoms with Crippen LogP contribution in [0.3, 0.4) is 0 Å². The third-order valence-corrected chi connectivity index (χ3v) is 6.58. The lowest BCUT2D eigenvalue weighted by molar-refractivity contribution is -0.123. The molecule has 142 valence electrons. The van der Waals surface area contributed by atoms with Gasteiger partial charge in [0, 0.05) is 37.6 Å². The van der Waals surface area contributed by atoms with Gasteiger partial charge in [0.2, 0.25) is 15.9 Å². The van der Waals surface area contributed by atoms with Crippen LogP contribution in [-0.4, -0.2) is 62.3 Å². The monoisotopic (exact) mass is 377 g/mol. The Morgan fingerprint density at radius 3 is 2.38 bits per heavy atom. The zero-order valence-corrected chi connectivity index (χ0v) is 15.8. The third-order valence-electron chi connectivity index (χ3n) is 5.01. The third kappa shape index (κ3) is 5.40. The molecule has 1 saturated heterocycles. The molecule has 1 heterocycles. The normalized spacial score (nSPS) is 20.6. The Balaban J connectivity index is 1.46. The van der Waals surface area contributed by atoms with Crippen molar-refractivity contribution in [2.45, 2.75) is 31.7 Å². The van der Waals surface area contributed by atoms with Crippen molar-refractivity contribution in [3.63, 3.8) is 0 Å². The van der Waals surface area contributed by atoms with Crippen LogP contribution < -0.4 is 5.32 Å². The molecule has 1 aliphatic heterocycles. The zero-order chi connectivity index (χ0) is 18.4. The summed E-state index contributed by atoms with van der Waals surface area (Å²) in [5, 5.41) is 4.35. The van der Waals surface area contributed by atoms with Crippen LogP contribution in [0.4, 0.5) is 0 Å². The number of benzene rings is 1. The summed E-state index contributed by atoms with van der Waals surface area (Å²) in [4.78, 5) is 14.1. The average molecular weight is 378 g/mol. The zero-order valence-electron chi connectivity index (χ0n) is 15.0. The van der Waals surface area contributed by atoms with Crippen molar-refractivity contribution in [1.82, 2.24) is 14.5 Å². The van der Waals surface area contributed by atoms with E-state index < -0.39 is 10.0 Å². The van der Waals surface area contributed by atoms with Gasteiger partial charge in [0.15, 0.2) is 0 Å². The molecule has 1 saturated carbocycles. The summed E-state index contributed by atoms with van der Waals surface area (Å²) in [6.45, 7) is 2.34. The molecule has 1 aromatic carbocycles. The Morgan fingerprint density at radius 1 is 1.08 bits per heavy atom. The van der Waals surface area contributed by atoms with E-state index in [-0.39, 0.29) is 5.91 Å². The molecule has 0 unspecified atom stereocenters. The first kappa shape index (κ1) is 19.1. The number of sulfonamides is 1. The first-order valence-electron chi connectivity index (χ1n) is 9.28. The molecule has 0 radical (unpaired) electrons. The van der Waals surface area contributed by atoms with Crippen LogP contribution >= 0.6 is 0 Å². The van der Waals surface area contributed by atoms with Gasteiger partial charge in [-0.3, -0.25) is 9.69 Å². The molecule has 0 spiro atoms. The number of rotatable bonds is 6. The fourth-order valence-electron chi connectivity index (χ4n) is 3.50. The summed E-state index contributed by atoms with van der Waals surface area (Å²) in [6.07, 6.45) is 6.16. The topological polar surface area (TPSA) is 69.7 Å². The minimum absolute atomic E-state index is 0.0529. The van der Waals surface area contributed by atoms with Gasteiger partial charge >= 0.3 is 0 Å². The van der Waals surface area contributed by atoms with Gasteiger partial charge < -0.3 is 5.32 Å². The Kier molecular flexibility index (Phi) is 6.45. The number of carbonyl (C=O) groups excluding carboxylic acids is 1. The van der Waals surface area contributed by atoms with Gasteiger partial charge in [-0.05, 0) is 24.5 Å². The van der Waals surface area contributed by atoms with E-state index in [0.717, 1.165) is 18.4 Å². The lowest BCUT2D eigenvalue weighted by Gasteiger charge is -2.33. The minimum Gasteiger partial charge on any atom is -0.352 e. The van der Waals surface area contributed by atoms with Crippen LogP contribution in [0.25, 0.3) is 6.08 Å². The van der Waals surface area contributed by atoms with E-state index in [2.05, 4.69) is 5.32 Å². The van der Waals surface area contributed by atoms with Gasteiger partial charge in [0.05, 0.1) is 6.54 Å². The molecular formula is C19H27N3O3S. The summed E-state index contributed by atoms with van der Waals surface area (Å²) < 4.78 is 26.4. The molecule has 1 aliphatic carbocycles. The summed E-state index contributed by atoms with van der Waals surface area (Å²) in [5.41, 5.74) is 0.860. The smallest absolute Gasteiger partial charge is 0.236 e. The second-order valence-corrected chi connectivity index (χ2v) is 8.80. The van der Waals surface area contributed by atoms with Crippen LogP contribution in [0, 0.1) is 0 Å². The van der Waals surface area contributed by atoms with Crippen LogP contribution in [0.1, 0.15) is 31.2 Å². The Labute approximate surface area is 155 Å². The van der Waals surface area contributed by atoms with Crippen molar-refractivity contribution >= 4 is 22.0 Å². The van der Waals surface area contributed by atoms with Crippen molar-refractivity contribution < 1.29 is 13.2 Å². The van der Waals surface area contributed by atoms with Crippen molar-refractivity contribution in [3.8, 4) is 0 Å². The van der Waals surface area contributed by atoms with E-state index in [0.29, 0.717) is 38.8 Å². The van der Waals surface area contributed by atoms with Gasteiger partial charge in [0.25, 0.3) is 0 Å². The number of carbonyl (C=O) groups is 1. The van der Waals surface area contributed by atoms with E-state index in [9.17, 15) is 13.2 Å². The van der Waals surface area contributed by atoms with Gasteiger partial charge in [0.1, 0.15) is 0 Å². The lowest BCUT2D eigenvalue weighted by Crippen LogP contribution is -2.51. The fraction of sp³-hybridized carbons (Fsp3) is 0.526. The second-order valence-electron chi connectivity index (χ2n) is 6.98. The van der Waals surface area contributed by atoms with Gasteiger partial charge in [-0.25, -0.2) is 8.42 Å². The molecule has 7 heteroatoms. The van der Waals surface area contributed by atoms with Crippen LogP contribution in [0.15, 0.2) is 35.7 Å². The summed E-state index contributed by atoms with van der Waals surface area (Å²) in [7, 11) is -3.43. The molecule has 0 bridgehead atoms. The van der Waals surface area contributed by atoms with E-state index >= 15 is 0 Å². The maximum Gasteiger partial charge on any atom is 0.236 e. The SMILES string of the molecule is O=C(CN1CCN(S(=O)(=O)/C=C/c2ccccc2)CC1)NC1CCCC1. The average Bonchev–Trinajstić information content (AvgIpc) is 3.14. The van der Waals surface area contributed by atoms with Crippen molar-refractivity contribution in [1.29, 1.82) is 0 Å². The first-order chi connectivity index (χ1) is 12.5. The number of piperazine rings is 1. The molecule has 0 atom stereocenters. The fourth-order valence-corrected chi connectivity index (χ4v) is 4.68. The lowest BCUT2D eigenvalue weighted by atomic mass is 10.2. The maximum absolute atomic E-state index is 12.5.